The van der Waals surface area contributed by atoms with Crippen LogP contribution in [0.3, 0.4) is 0 Å². The summed E-state index contributed by atoms with van der Waals surface area (Å²) in [6, 6.07) is 16.0. The van der Waals surface area contributed by atoms with Gasteiger partial charge in [-0.25, -0.2) is 0 Å². The number of rotatable bonds is 6. The zero-order chi connectivity index (χ0) is 22.8. The van der Waals surface area contributed by atoms with Crippen LogP contribution >= 0.6 is 0 Å². The average molecular weight is 450 g/mol. The number of methoxy groups -OCH3 is 1. The second-order valence-electron chi connectivity index (χ2n) is 9.98. The first-order valence-corrected chi connectivity index (χ1v) is 12.2. The highest BCUT2D eigenvalue weighted by Gasteiger charge is 2.59. The standard InChI is InChI=1S/C27H35N3O3/c1-33-23-7-8-25(31)22(17-23)20-28-11-9-27(10-12-28)18-24(27)26(32)30-15-13-29(14-16-30)19-21-5-3-2-4-6-21/h2-8,17,24,31H,9-16,18-20H2,1H3. The minimum atomic E-state index is 0.213. The van der Waals surface area contributed by atoms with Crippen molar-refractivity contribution in [3.8, 4) is 11.5 Å². The van der Waals surface area contributed by atoms with Crippen LogP contribution in [0.25, 0.3) is 0 Å². The summed E-state index contributed by atoms with van der Waals surface area (Å²) in [5.74, 6) is 1.69. The summed E-state index contributed by atoms with van der Waals surface area (Å²) in [6.07, 6.45) is 3.19. The van der Waals surface area contributed by atoms with E-state index in [0.717, 1.165) is 82.9 Å². The summed E-state index contributed by atoms with van der Waals surface area (Å²) >= 11 is 0. The summed E-state index contributed by atoms with van der Waals surface area (Å²) in [4.78, 5) is 20.2. The maximum atomic E-state index is 13.2. The van der Waals surface area contributed by atoms with Crippen LogP contribution in [0.1, 0.15) is 30.4 Å². The lowest BCUT2D eigenvalue weighted by molar-refractivity contribution is -0.135. The van der Waals surface area contributed by atoms with Gasteiger partial charge < -0.3 is 14.7 Å². The van der Waals surface area contributed by atoms with Crippen molar-refractivity contribution in [1.29, 1.82) is 0 Å². The van der Waals surface area contributed by atoms with Gasteiger partial charge in [-0.05, 0) is 61.5 Å². The number of nitrogens with zero attached hydrogens (tertiary/aromatic N) is 3. The number of phenols is 1. The Balaban J connectivity index is 1.09. The zero-order valence-corrected chi connectivity index (χ0v) is 19.6. The number of aromatic hydroxyl groups is 1. The number of carbonyl (C=O) groups excluding carboxylic acids is 1. The Morgan fingerprint density at radius 2 is 1.67 bits per heavy atom. The fourth-order valence-electron chi connectivity index (χ4n) is 5.65. The lowest BCUT2D eigenvalue weighted by atomic mass is 9.90. The van der Waals surface area contributed by atoms with Gasteiger partial charge in [0.15, 0.2) is 0 Å². The molecule has 3 fully saturated rings. The van der Waals surface area contributed by atoms with Crippen molar-refractivity contribution in [3.63, 3.8) is 0 Å². The molecule has 6 nitrogen and oxygen atoms in total. The lowest BCUT2D eigenvalue weighted by Gasteiger charge is -2.36. The van der Waals surface area contributed by atoms with Crippen LogP contribution in [0.2, 0.25) is 0 Å². The first kappa shape index (κ1) is 22.2. The van der Waals surface area contributed by atoms with Crippen LogP contribution in [-0.4, -0.2) is 72.1 Å². The predicted octanol–water partition coefficient (Wildman–Crippen LogP) is 3.35. The van der Waals surface area contributed by atoms with Crippen LogP contribution in [-0.2, 0) is 17.9 Å². The van der Waals surface area contributed by atoms with Crippen LogP contribution < -0.4 is 4.74 Å². The van der Waals surface area contributed by atoms with Crippen molar-refractivity contribution >= 4 is 5.91 Å². The summed E-state index contributed by atoms with van der Waals surface area (Å²) in [6.45, 7) is 7.25. The van der Waals surface area contributed by atoms with Gasteiger partial charge in [-0.3, -0.25) is 14.6 Å². The molecule has 2 aromatic carbocycles. The molecule has 2 heterocycles. The molecule has 1 aliphatic carbocycles. The number of phenolic OH excluding ortho intramolecular Hbond substituents is 1. The topological polar surface area (TPSA) is 56.3 Å². The third-order valence-electron chi connectivity index (χ3n) is 7.95. The Hall–Kier alpha value is -2.57. The third-order valence-corrected chi connectivity index (χ3v) is 7.95. The summed E-state index contributed by atoms with van der Waals surface area (Å²) in [5, 5.41) is 10.2. The number of hydrogen-bond acceptors (Lipinski definition) is 5. The molecule has 2 saturated heterocycles. The molecule has 0 radical (unpaired) electrons. The molecule has 1 unspecified atom stereocenters. The lowest BCUT2D eigenvalue weighted by Crippen LogP contribution is -2.49. The smallest absolute Gasteiger partial charge is 0.226 e. The monoisotopic (exact) mass is 449 g/mol. The van der Waals surface area contributed by atoms with Crippen LogP contribution in [0.4, 0.5) is 0 Å². The maximum absolute atomic E-state index is 13.2. The first-order valence-electron chi connectivity index (χ1n) is 12.2. The fourth-order valence-corrected chi connectivity index (χ4v) is 5.65. The van der Waals surface area contributed by atoms with Crippen molar-refractivity contribution in [3.05, 3.63) is 59.7 Å². The van der Waals surface area contributed by atoms with E-state index in [1.165, 1.54) is 5.56 Å². The van der Waals surface area contributed by atoms with Gasteiger partial charge in [0.05, 0.1) is 7.11 Å². The molecule has 3 aliphatic rings. The number of hydrogen-bond donors (Lipinski definition) is 1. The highest BCUT2D eigenvalue weighted by molar-refractivity contribution is 5.83. The highest BCUT2D eigenvalue weighted by Crippen LogP contribution is 2.60. The Morgan fingerprint density at radius 3 is 2.36 bits per heavy atom. The van der Waals surface area contributed by atoms with Gasteiger partial charge in [-0.15, -0.1) is 0 Å². The van der Waals surface area contributed by atoms with Gasteiger partial charge in [0.1, 0.15) is 11.5 Å². The average Bonchev–Trinajstić information content (AvgIpc) is 3.56. The molecular weight excluding hydrogens is 414 g/mol. The molecule has 176 valence electrons. The van der Waals surface area contributed by atoms with Crippen molar-refractivity contribution in [2.75, 3.05) is 46.4 Å². The molecular formula is C27H35N3O3. The highest BCUT2D eigenvalue weighted by atomic mass is 16.5. The molecule has 33 heavy (non-hydrogen) atoms. The van der Waals surface area contributed by atoms with E-state index in [2.05, 4.69) is 45.0 Å². The molecule has 1 saturated carbocycles. The van der Waals surface area contributed by atoms with E-state index in [4.69, 9.17) is 4.74 Å². The number of ether oxygens (including phenoxy) is 1. The van der Waals surface area contributed by atoms with Gasteiger partial charge in [-0.2, -0.15) is 0 Å². The Kier molecular flexibility index (Phi) is 6.30. The largest absolute Gasteiger partial charge is 0.508 e. The second kappa shape index (κ2) is 9.35. The van der Waals surface area contributed by atoms with Gasteiger partial charge in [0, 0.05) is 50.7 Å². The zero-order valence-electron chi connectivity index (χ0n) is 19.6. The molecule has 2 aliphatic heterocycles. The van der Waals surface area contributed by atoms with E-state index in [0.29, 0.717) is 11.7 Å². The molecule has 6 heteroatoms. The minimum Gasteiger partial charge on any atom is -0.508 e. The van der Waals surface area contributed by atoms with Gasteiger partial charge >= 0.3 is 0 Å². The van der Waals surface area contributed by atoms with E-state index in [-0.39, 0.29) is 11.3 Å². The number of likely N-dealkylation sites (tertiary alicyclic amines) is 1. The fraction of sp³-hybridized carbons (Fsp3) is 0.519. The third kappa shape index (κ3) is 4.87. The quantitative estimate of drug-likeness (QED) is 0.733. The molecule has 1 spiro atoms. The van der Waals surface area contributed by atoms with Crippen molar-refractivity contribution in [1.82, 2.24) is 14.7 Å². The SMILES string of the molecule is COc1ccc(O)c(CN2CCC3(CC2)CC3C(=O)N2CCN(Cc3ccccc3)CC2)c1. The van der Waals surface area contributed by atoms with Gasteiger partial charge in [-0.1, -0.05) is 30.3 Å². The second-order valence-corrected chi connectivity index (χ2v) is 9.98. The Labute approximate surface area is 196 Å². The number of amides is 1. The number of carbonyl (C=O) groups is 1. The summed E-state index contributed by atoms with van der Waals surface area (Å²) < 4.78 is 5.30. The van der Waals surface area contributed by atoms with Crippen molar-refractivity contribution in [2.45, 2.75) is 32.4 Å². The Bertz CT molecular complexity index is 964. The van der Waals surface area contributed by atoms with Crippen LogP contribution in [0.5, 0.6) is 11.5 Å². The van der Waals surface area contributed by atoms with Crippen molar-refractivity contribution in [2.24, 2.45) is 11.3 Å². The van der Waals surface area contributed by atoms with Crippen molar-refractivity contribution < 1.29 is 14.6 Å². The molecule has 0 aromatic heterocycles. The van der Waals surface area contributed by atoms with E-state index in [9.17, 15) is 9.90 Å². The molecule has 0 bridgehead atoms. The van der Waals surface area contributed by atoms with Crippen LogP contribution in [0.15, 0.2) is 48.5 Å². The number of piperidine rings is 1. The van der Waals surface area contributed by atoms with E-state index >= 15 is 0 Å². The molecule has 1 atom stereocenters. The number of benzene rings is 2. The summed E-state index contributed by atoms with van der Waals surface area (Å²) in [7, 11) is 1.65. The molecule has 5 rings (SSSR count). The van der Waals surface area contributed by atoms with E-state index in [1.54, 1.807) is 19.2 Å². The molecule has 1 N–H and O–H groups in total. The molecule has 1 amide bonds. The maximum Gasteiger partial charge on any atom is 0.226 e. The Morgan fingerprint density at radius 1 is 0.970 bits per heavy atom. The predicted molar refractivity (Wildman–Crippen MR) is 128 cm³/mol. The minimum absolute atomic E-state index is 0.213. The van der Waals surface area contributed by atoms with Crippen LogP contribution in [0, 0.1) is 11.3 Å². The van der Waals surface area contributed by atoms with Gasteiger partial charge in [0.2, 0.25) is 5.91 Å². The normalized spacial score (nSPS) is 22.9. The molecule has 2 aromatic rings. The van der Waals surface area contributed by atoms with Gasteiger partial charge in [0.25, 0.3) is 0 Å². The van der Waals surface area contributed by atoms with E-state index in [1.807, 2.05) is 6.07 Å². The van der Waals surface area contributed by atoms with E-state index < -0.39 is 0 Å². The first-order chi connectivity index (χ1) is 16.1. The summed E-state index contributed by atoms with van der Waals surface area (Å²) in [5.41, 5.74) is 2.46. The number of piperazine rings is 1.